The van der Waals surface area contributed by atoms with E-state index in [-0.39, 0.29) is 83.5 Å². The Labute approximate surface area is 456 Å². The molecular formula is C46H81F12NO14Si5. The molecule has 0 aliphatic carbocycles. The summed E-state index contributed by atoms with van der Waals surface area (Å²) in [6, 6.07) is -2.85. The second-order valence-electron chi connectivity index (χ2n) is 19.6. The molecule has 0 aromatic heterocycles. The van der Waals surface area contributed by atoms with Gasteiger partial charge in [-0.15, -0.1) is 0 Å². The van der Waals surface area contributed by atoms with Crippen LogP contribution in [0.25, 0.3) is 0 Å². The number of nitriles is 1. The van der Waals surface area contributed by atoms with Crippen molar-refractivity contribution in [1.82, 2.24) is 0 Å². The van der Waals surface area contributed by atoms with Gasteiger partial charge in [0.2, 0.25) is 0 Å². The Morgan fingerprint density at radius 1 is 0.462 bits per heavy atom. The monoisotopic (exact) mass is 1240 g/mol. The first-order chi connectivity index (χ1) is 35.6. The maximum absolute atomic E-state index is 13.8. The van der Waals surface area contributed by atoms with Crippen LogP contribution < -0.4 is 0 Å². The highest BCUT2D eigenvalue weighted by molar-refractivity contribution is 6.91. The number of nitrogens with zero attached hydrogens (tertiary/aromatic N) is 1. The molecule has 458 valence electrons. The number of ether oxygens (including phenoxy) is 7. The Bertz CT molecular complexity index is 1810. The summed E-state index contributed by atoms with van der Waals surface area (Å²) in [4.78, 5) is 34.2. The Morgan fingerprint density at radius 3 is 1.24 bits per heavy atom. The van der Waals surface area contributed by atoms with Crippen molar-refractivity contribution in [2.24, 2.45) is 0 Å². The zero-order valence-corrected chi connectivity index (χ0v) is 51.3. The summed E-state index contributed by atoms with van der Waals surface area (Å²) >= 11 is 0. The van der Waals surface area contributed by atoms with Crippen molar-refractivity contribution in [2.45, 2.75) is 179 Å². The van der Waals surface area contributed by atoms with E-state index in [4.69, 9.17) is 50.1 Å². The Hall–Kier alpha value is -2.86. The highest BCUT2D eigenvalue weighted by Crippen LogP contribution is 2.41. The topological polar surface area (TPSA) is 177 Å². The van der Waals surface area contributed by atoms with Crippen molar-refractivity contribution in [3.63, 3.8) is 0 Å². The van der Waals surface area contributed by atoms with E-state index in [1.54, 1.807) is 26.9 Å². The van der Waals surface area contributed by atoms with Crippen LogP contribution in [-0.4, -0.2) is 151 Å². The van der Waals surface area contributed by atoms with Crippen LogP contribution in [0.4, 0.5) is 52.7 Å². The third-order valence-corrected chi connectivity index (χ3v) is 32.9. The highest BCUT2D eigenvalue weighted by Gasteiger charge is 2.54. The molecule has 0 amide bonds. The van der Waals surface area contributed by atoms with Gasteiger partial charge in [-0.25, -0.2) is 9.59 Å². The average molecular weight is 1240 g/mol. The molecule has 0 saturated carbocycles. The van der Waals surface area contributed by atoms with Gasteiger partial charge in [-0.1, -0.05) is 32.9 Å². The third-order valence-electron chi connectivity index (χ3n) is 10.6. The number of halogens is 12. The SMILES string of the molecule is C=C(C)C(=O)OCCOCCCC(=O)OCCOCCC[Si](C)(C)O[Si](C)(CCC(F)(F)F)O[Si](C)(CCC(F)(F)F)O[Si](C)(CCC(F)(F)F)O[Si](C)(CCCC)CCC(F)(F)F.C=C(C)C(=O)OCCOCCOC#N. The zero-order valence-electron chi connectivity index (χ0n) is 46.3. The minimum Gasteiger partial charge on any atom is -0.463 e. The van der Waals surface area contributed by atoms with Gasteiger partial charge in [0, 0.05) is 56.5 Å². The molecule has 0 aromatic rings. The van der Waals surface area contributed by atoms with Crippen molar-refractivity contribution >= 4 is 60.2 Å². The normalized spacial score (nSPS) is 15.5. The van der Waals surface area contributed by atoms with E-state index < -0.39 is 135 Å². The lowest BCUT2D eigenvalue weighted by molar-refractivity contribution is -0.145. The minimum absolute atomic E-state index is 0.0104. The number of hydrogen-bond donors (Lipinski definition) is 0. The van der Waals surface area contributed by atoms with Gasteiger partial charge in [0.05, 0.1) is 26.4 Å². The van der Waals surface area contributed by atoms with Crippen LogP contribution in [0.15, 0.2) is 24.3 Å². The average Bonchev–Trinajstić information content (AvgIpc) is 3.29. The van der Waals surface area contributed by atoms with Crippen LogP contribution >= 0.6 is 0 Å². The van der Waals surface area contributed by atoms with Gasteiger partial charge in [0.1, 0.15) is 26.4 Å². The lowest BCUT2D eigenvalue weighted by Gasteiger charge is -2.46. The largest absolute Gasteiger partial charge is 0.463 e. The summed E-state index contributed by atoms with van der Waals surface area (Å²) in [6.07, 6.45) is -21.8. The van der Waals surface area contributed by atoms with Gasteiger partial charge in [0.15, 0.2) is 16.6 Å². The molecule has 4 unspecified atom stereocenters. The molecule has 0 rings (SSSR count). The summed E-state index contributed by atoms with van der Waals surface area (Å²) in [5.41, 5.74) is 0.612. The molecule has 0 aliphatic rings. The summed E-state index contributed by atoms with van der Waals surface area (Å²) < 4.78 is 224. The highest BCUT2D eigenvalue weighted by atomic mass is 28.5. The van der Waals surface area contributed by atoms with Gasteiger partial charge >= 0.3 is 68.3 Å². The predicted octanol–water partition coefficient (Wildman–Crippen LogP) is 13.1. The predicted molar refractivity (Wildman–Crippen MR) is 275 cm³/mol. The third kappa shape index (κ3) is 44.8. The fraction of sp³-hybridized carbons (Fsp3) is 0.826. The number of alkyl halides is 12. The van der Waals surface area contributed by atoms with E-state index in [9.17, 15) is 67.1 Å². The number of carbonyl (C=O) groups excluding carboxylic acids is 3. The molecule has 0 aliphatic heterocycles. The molecule has 0 fully saturated rings. The molecule has 0 heterocycles. The molecule has 4 atom stereocenters. The first kappa shape index (κ1) is 77.2. The van der Waals surface area contributed by atoms with Gasteiger partial charge in [-0.2, -0.15) is 57.9 Å². The van der Waals surface area contributed by atoms with Gasteiger partial charge in [-0.3, -0.25) is 4.79 Å². The molecule has 0 radical (unpaired) electrons. The summed E-state index contributed by atoms with van der Waals surface area (Å²) in [6.45, 7) is 21.3. The molecule has 32 heteroatoms. The minimum atomic E-state index is -4.85. The lowest BCUT2D eigenvalue weighted by atomic mass is 10.3. The Morgan fingerprint density at radius 2 is 0.833 bits per heavy atom. The first-order valence-corrected chi connectivity index (χ1v) is 38.8. The first-order valence-electron chi connectivity index (χ1n) is 25.2. The fourth-order valence-corrected chi connectivity index (χ4v) is 33.8. The van der Waals surface area contributed by atoms with Crippen LogP contribution in [0.2, 0.25) is 75.5 Å². The van der Waals surface area contributed by atoms with E-state index >= 15 is 0 Å². The Kier molecular flexibility index (Phi) is 36.9. The van der Waals surface area contributed by atoms with Crippen LogP contribution in [-0.2, 0) is 64.0 Å². The maximum Gasteiger partial charge on any atom is 0.389 e. The van der Waals surface area contributed by atoms with Gasteiger partial charge in [0.25, 0.3) is 6.26 Å². The van der Waals surface area contributed by atoms with Crippen molar-refractivity contribution in [2.75, 3.05) is 66.1 Å². The molecule has 0 N–H and O–H groups in total. The summed E-state index contributed by atoms with van der Waals surface area (Å²) in [5, 5.41) is 8.00. The van der Waals surface area contributed by atoms with E-state index in [1.807, 2.05) is 0 Å². The molecule has 0 bridgehead atoms. The molecule has 78 heavy (non-hydrogen) atoms. The quantitative estimate of drug-likeness (QED) is 0.0107. The molecule has 0 saturated heterocycles. The van der Waals surface area contributed by atoms with Crippen molar-refractivity contribution in [1.29, 1.82) is 5.26 Å². The molecule has 0 aromatic carbocycles. The van der Waals surface area contributed by atoms with Crippen LogP contribution in [0.1, 0.15) is 78.6 Å². The number of carbonyl (C=O) groups is 3. The number of unbranched alkanes of at least 4 members (excludes halogenated alkanes) is 1. The molecule has 0 spiro atoms. The second kappa shape index (κ2) is 37.3. The fourth-order valence-electron chi connectivity index (χ4n) is 7.02. The zero-order chi connectivity index (χ0) is 60.5. The Balaban J connectivity index is 0. The molecular weight excluding hydrogens is 1160 g/mol. The van der Waals surface area contributed by atoms with Crippen molar-refractivity contribution in [3.8, 4) is 6.26 Å². The van der Waals surface area contributed by atoms with Gasteiger partial charge < -0.3 is 49.6 Å². The van der Waals surface area contributed by atoms with E-state index in [1.165, 1.54) is 26.3 Å². The van der Waals surface area contributed by atoms with Gasteiger partial charge in [-0.05, 0) is 102 Å². The number of hydrogen-bond acceptors (Lipinski definition) is 15. The van der Waals surface area contributed by atoms with Crippen LogP contribution in [0, 0.1) is 11.5 Å². The summed E-state index contributed by atoms with van der Waals surface area (Å²) in [7, 11) is -19.9. The standard InChI is InChI=1S/C37H68F12O10Si5.C9H13NO4/c1-10-11-26-61(6,27-15-34(38,39)40)57-63(8,29-17-36(44,45)46)59-64(9,30-18-37(47,48)49)58-62(7,28-16-35(41,42)43)56-60(4,5)25-13-20-53-21-23-54-32(50)14-12-19-52-22-24-55-33(51)31(2)3;1-8(2)9(11)14-6-5-12-3-4-13-7-10/h2,10-30H2,1,3-9H3;1,3-6H2,2H3. The van der Waals surface area contributed by atoms with E-state index in [0.29, 0.717) is 37.9 Å². The second-order valence-corrected chi connectivity index (χ2v) is 39.1. The van der Waals surface area contributed by atoms with Crippen molar-refractivity contribution < 1.29 is 117 Å². The van der Waals surface area contributed by atoms with Crippen LogP contribution in [0.5, 0.6) is 0 Å². The van der Waals surface area contributed by atoms with E-state index in [0.717, 1.165) is 13.1 Å². The lowest BCUT2D eigenvalue weighted by Crippen LogP contribution is -2.62. The molecule has 15 nitrogen and oxygen atoms in total. The summed E-state index contributed by atoms with van der Waals surface area (Å²) in [5.74, 6) is -1.48. The smallest absolute Gasteiger partial charge is 0.389 e. The van der Waals surface area contributed by atoms with E-state index in [2.05, 4.69) is 17.9 Å². The van der Waals surface area contributed by atoms with Crippen molar-refractivity contribution in [3.05, 3.63) is 24.3 Å². The maximum atomic E-state index is 13.8. The van der Waals surface area contributed by atoms with Crippen LogP contribution in [0.3, 0.4) is 0 Å². The number of esters is 3. The number of rotatable bonds is 41.